The molecule has 0 radical (unpaired) electrons. The van der Waals surface area contributed by atoms with Crippen LogP contribution in [0, 0.1) is 5.82 Å². The van der Waals surface area contributed by atoms with Gasteiger partial charge in [-0.25, -0.2) is 4.39 Å². The second kappa shape index (κ2) is 7.73. The second-order valence-corrected chi connectivity index (χ2v) is 8.54. The van der Waals surface area contributed by atoms with Crippen molar-refractivity contribution < 1.29 is 9.18 Å². The maximum absolute atomic E-state index is 14.1. The van der Waals surface area contributed by atoms with Gasteiger partial charge in [-0.2, -0.15) is 0 Å². The monoisotopic (exact) mass is 407 g/mol. The van der Waals surface area contributed by atoms with Gasteiger partial charge in [0.1, 0.15) is 11.3 Å². The highest BCUT2D eigenvalue weighted by Gasteiger charge is 2.32. The topological polar surface area (TPSA) is 54.9 Å². The number of carbonyl (C=O) groups excluding carboxylic acids is 1. The molecule has 1 aromatic heterocycles. The summed E-state index contributed by atoms with van der Waals surface area (Å²) in [5.41, 5.74) is 1.51. The molecule has 4 nitrogen and oxygen atoms in total. The number of halogens is 2. The molecular weight excluding hydrogens is 393 g/mol. The van der Waals surface area contributed by atoms with Gasteiger partial charge in [0.05, 0.1) is 10.4 Å². The molecule has 0 aliphatic carbocycles. The van der Waals surface area contributed by atoms with Gasteiger partial charge in [0.15, 0.2) is 4.34 Å². The predicted octanol–water partition coefficient (Wildman–Crippen LogP) is 5.40. The third kappa shape index (κ3) is 4.06. The lowest BCUT2D eigenvalue weighted by molar-refractivity contribution is -0.120. The van der Waals surface area contributed by atoms with E-state index in [0.717, 1.165) is 9.24 Å². The van der Waals surface area contributed by atoms with Gasteiger partial charge in [0.25, 0.3) is 0 Å². The van der Waals surface area contributed by atoms with Crippen molar-refractivity contribution >= 4 is 46.3 Å². The third-order valence-corrected chi connectivity index (χ3v) is 6.12. The smallest absolute Gasteiger partial charge is 0.234 e. The Morgan fingerprint density at radius 3 is 2.69 bits per heavy atom. The molecule has 0 fully saturated rings. The first-order valence-electron chi connectivity index (χ1n) is 7.68. The largest absolute Gasteiger partial charge is 0.325 e. The van der Waals surface area contributed by atoms with Crippen LogP contribution in [0.2, 0.25) is 5.02 Å². The minimum atomic E-state index is -1.03. The van der Waals surface area contributed by atoms with Gasteiger partial charge < -0.3 is 5.32 Å². The molecule has 1 N–H and O–H groups in total. The lowest BCUT2D eigenvalue weighted by atomic mass is 9.83. The highest BCUT2D eigenvalue weighted by atomic mass is 35.5. The summed E-state index contributed by atoms with van der Waals surface area (Å²) in [5, 5.41) is 11.1. The zero-order valence-corrected chi connectivity index (χ0v) is 16.4. The number of benzene rings is 2. The maximum Gasteiger partial charge on any atom is 0.234 e. The molecule has 1 heterocycles. The minimum Gasteiger partial charge on any atom is -0.325 e. The molecule has 0 bridgehead atoms. The second-order valence-electron chi connectivity index (χ2n) is 6.01. The number of hydrogen-bond donors (Lipinski definition) is 1. The fraction of sp³-hybridized carbons (Fsp3) is 0.167. The van der Waals surface area contributed by atoms with Crippen LogP contribution in [0.3, 0.4) is 0 Å². The first-order valence-corrected chi connectivity index (χ1v) is 9.75. The third-order valence-electron chi connectivity index (χ3n) is 3.84. The van der Waals surface area contributed by atoms with Gasteiger partial charge in [0, 0.05) is 16.1 Å². The van der Waals surface area contributed by atoms with E-state index in [1.54, 1.807) is 55.8 Å². The zero-order valence-electron chi connectivity index (χ0n) is 14.0. The highest BCUT2D eigenvalue weighted by molar-refractivity contribution is 8.01. The van der Waals surface area contributed by atoms with E-state index >= 15 is 0 Å². The summed E-state index contributed by atoms with van der Waals surface area (Å²) in [6.07, 6.45) is 0. The summed E-state index contributed by atoms with van der Waals surface area (Å²) >= 11 is 9.13. The van der Waals surface area contributed by atoms with Crippen LogP contribution in [0.15, 0.2) is 57.2 Å². The van der Waals surface area contributed by atoms with Crippen molar-refractivity contribution in [3.8, 4) is 0 Å². The van der Waals surface area contributed by atoms with Crippen molar-refractivity contribution in [1.29, 1.82) is 0 Å². The van der Waals surface area contributed by atoms with Crippen molar-refractivity contribution in [2.24, 2.45) is 0 Å². The average Bonchev–Trinajstić information content (AvgIpc) is 3.10. The van der Waals surface area contributed by atoms with Gasteiger partial charge in [-0.15, -0.1) is 10.2 Å². The molecule has 0 saturated heterocycles. The Bertz CT molecular complexity index is 932. The Morgan fingerprint density at radius 2 is 2.04 bits per heavy atom. The minimum absolute atomic E-state index is 0.316. The van der Waals surface area contributed by atoms with Crippen LogP contribution in [-0.2, 0) is 10.2 Å². The molecule has 1 amide bonds. The van der Waals surface area contributed by atoms with Crippen LogP contribution < -0.4 is 5.32 Å². The summed E-state index contributed by atoms with van der Waals surface area (Å²) < 4.78 is 14.8. The Balaban J connectivity index is 1.77. The summed E-state index contributed by atoms with van der Waals surface area (Å²) in [6.45, 7) is 3.37. The Hall–Kier alpha value is -1.96. The molecule has 134 valence electrons. The van der Waals surface area contributed by atoms with Gasteiger partial charge in [0.2, 0.25) is 5.91 Å². The molecule has 3 rings (SSSR count). The van der Waals surface area contributed by atoms with Crippen LogP contribution in [0.25, 0.3) is 0 Å². The molecule has 0 aliphatic heterocycles. The van der Waals surface area contributed by atoms with Crippen LogP contribution >= 0.6 is 34.7 Å². The Morgan fingerprint density at radius 1 is 1.27 bits per heavy atom. The summed E-state index contributed by atoms with van der Waals surface area (Å²) in [7, 11) is 0. The fourth-order valence-electron chi connectivity index (χ4n) is 2.34. The Kier molecular flexibility index (Phi) is 5.60. The van der Waals surface area contributed by atoms with Crippen molar-refractivity contribution in [3.63, 3.8) is 0 Å². The zero-order chi connectivity index (χ0) is 18.7. The number of rotatable bonds is 5. The SMILES string of the molecule is CC(C)(C(=O)Nc1ccc(Sc2nncs2)c(Cl)c1)c1ccccc1F. The van der Waals surface area contributed by atoms with E-state index < -0.39 is 11.2 Å². The quantitative estimate of drug-likeness (QED) is 0.615. The van der Waals surface area contributed by atoms with E-state index in [1.807, 2.05) is 0 Å². The number of nitrogens with one attached hydrogen (secondary N) is 1. The molecular formula is C18H15ClFN3OS2. The number of carbonyl (C=O) groups is 1. The van der Waals surface area contributed by atoms with Gasteiger partial charge in [-0.05, 0) is 38.1 Å². The first kappa shape index (κ1) is 18.8. The molecule has 0 unspecified atom stereocenters. The summed E-state index contributed by atoms with van der Waals surface area (Å²) in [5.74, 6) is -0.724. The molecule has 0 atom stereocenters. The molecule has 0 spiro atoms. The number of hydrogen-bond acceptors (Lipinski definition) is 5. The van der Waals surface area contributed by atoms with E-state index in [1.165, 1.54) is 29.2 Å². The van der Waals surface area contributed by atoms with Gasteiger partial charge >= 0.3 is 0 Å². The lowest BCUT2D eigenvalue weighted by Crippen LogP contribution is -2.35. The van der Waals surface area contributed by atoms with E-state index in [4.69, 9.17) is 11.6 Å². The summed E-state index contributed by atoms with van der Waals surface area (Å²) in [4.78, 5) is 13.5. The Labute approximate surface area is 163 Å². The number of nitrogens with zero attached hydrogens (tertiary/aromatic N) is 2. The van der Waals surface area contributed by atoms with Crippen molar-refractivity contribution in [1.82, 2.24) is 10.2 Å². The van der Waals surface area contributed by atoms with E-state index in [-0.39, 0.29) is 5.91 Å². The van der Waals surface area contributed by atoms with Crippen LogP contribution in [0.5, 0.6) is 0 Å². The van der Waals surface area contributed by atoms with Crippen LogP contribution in [0.4, 0.5) is 10.1 Å². The molecule has 0 saturated carbocycles. The van der Waals surface area contributed by atoms with Crippen molar-refractivity contribution in [2.75, 3.05) is 5.32 Å². The summed E-state index contributed by atoms with van der Waals surface area (Å²) in [6, 6.07) is 11.5. The molecule has 3 aromatic rings. The normalized spacial score (nSPS) is 11.4. The number of amides is 1. The van der Waals surface area contributed by atoms with Gasteiger partial charge in [-0.3, -0.25) is 4.79 Å². The predicted molar refractivity (Wildman–Crippen MR) is 104 cm³/mol. The standard InChI is InChI=1S/C18H15ClFN3OS2/c1-18(2,12-5-3-4-6-14(12)20)16(24)22-11-7-8-15(13(19)9-11)26-17-23-21-10-25-17/h3-10H,1-2H3,(H,22,24). The first-order chi connectivity index (χ1) is 12.4. The highest BCUT2D eigenvalue weighted by Crippen LogP contribution is 2.36. The fourth-order valence-corrected chi connectivity index (χ4v) is 4.08. The van der Waals surface area contributed by atoms with Gasteiger partial charge in [-0.1, -0.05) is 52.9 Å². The molecule has 0 aliphatic rings. The maximum atomic E-state index is 14.1. The van der Waals surface area contributed by atoms with E-state index in [2.05, 4.69) is 15.5 Å². The van der Waals surface area contributed by atoms with Crippen molar-refractivity contribution in [2.45, 2.75) is 28.5 Å². The van der Waals surface area contributed by atoms with E-state index in [9.17, 15) is 9.18 Å². The molecule has 26 heavy (non-hydrogen) atoms. The van der Waals surface area contributed by atoms with Crippen molar-refractivity contribution in [3.05, 3.63) is 64.4 Å². The van der Waals surface area contributed by atoms with Crippen LogP contribution in [0.1, 0.15) is 19.4 Å². The molecule has 8 heteroatoms. The lowest BCUT2D eigenvalue weighted by Gasteiger charge is -2.24. The molecule has 2 aromatic carbocycles. The number of anilines is 1. The number of aromatic nitrogens is 2. The average molecular weight is 408 g/mol. The van der Waals surface area contributed by atoms with Crippen LogP contribution in [-0.4, -0.2) is 16.1 Å². The van der Waals surface area contributed by atoms with E-state index in [0.29, 0.717) is 16.3 Å².